The highest BCUT2D eigenvalue weighted by atomic mass is 32.2. The van der Waals surface area contributed by atoms with Gasteiger partial charge in [0, 0.05) is 11.6 Å². The minimum absolute atomic E-state index is 0.0890. The van der Waals surface area contributed by atoms with E-state index >= 15 is 0 Å². The van der Waals surface area contributed by atoms with Crippen molar-refractivity contribution in [2.45, 2.75) is 11.8 Å². The molecule has 2 aromatic rings. The zero-order valence-corrected chi connectivity index (χ0v) is 12.0. The normalized spacial score (nSPS) is 12.1. The lowest BCUT2D eigenvalue weighted by Gasteiger charge is -2.07. The summed E-state index contributed by atoms with van der Waals surface area (Å²) in [6.07, 6.45) is 0. The number of hydrogen-bond donors (Lipinski definition) is 3. The first-order valence-corrected chi connectivity index (χ1v) is 7.52. The van der Waals surface area contributed by atoms with Crippen LogP contribution in [0.1, 0.15) is 12.5 Å². The smallest absolute Gasteiger partial charge is 0.276 e. The number of sulfonamides is 1. The first-order chi connectivity index (χ1) is 9.90. The van der Waals surface area contributed by atoms with Gasteiger partial charge in [0.25, 0.3) is 10.0 Å². The van der Waals surface area contributed by atoms with Crippen LogP contribution < -0.4 is 4.83 Å². The number of hydrogen-bond acceptors (Lipinski definition) is 5. The summed E-state index contributed by atoms with van der Waals surface area (Å²) in [5.41, 5.74) is 0.593. The minimum atomic E-state index is -3.75. The molecule has 0 saturated carbocycles. The highest BCUT2D eigenvalue weighted by molar-refractivity contribution is 7.89. The molecule has 0 aliphatic carbocycles. The van der Waals surface area contributed by atoms with Gasteiger partial charge in [-0.05, 0) is 31.2 Å². The summed E-state index contributed by atoms with van der Waals surface area (Å²) < 4.78 is 24.0. The molecule has 0 aromatic heterocycles. The van der Waals surface area contributed by atoms with Crippen molar-refractivity contribution in [3.8, 4) is 11.5 Å². The molecular weight excluding hydrogens is 292 g/mol. The standard InChI is InChI=1S/C14H14N2O4S/c1-10(13-8-7-11(17)9-14(13)18)15-16-21(19,20)12-5-3-2-4-6-12/h2-9,16-18H,1H3. The largest absolute Gasteiger partial charge is 0.508 e. The van der Waals surface area contributed by atoms with Crippen LogP contribution in [0.15, 0.2) is 58.5 Å². The van der Waals surface area contributed by atoms with Crippen molar-refractivity contribution in [1.29, 1.82) is 0 Å². The molecular formula is C14H14N2O4S. The van der Waals surface area contributed by atoms with Crippen LogP contribution >= 0.6 is 0 Å². The Bertz CT molecular complexity index is 771. The third kappa shape index (κ3) is 3.51. The molecule has 2 rings (SSSR count). The molecule has 3 N–H and O–H groups in total. The number of hydrazone groups is 1. The Morgan fingerprint density at radius 1 is 1.10 bits per heavy atom. The van der Waals surface area contributed by atoms with Crippen LogP contribution in [0.4, 0.5) is 0 Å². The fourth-order valence-corrected chi connectivity index (χ4v) is 2.55. The van der Waals surface area contributed by atoms with Crippen LogP contribution in [-0.2, 0) is 10.0 Å². The fraction of sp³-hybridized carbons (Fsp3) is 0.0714. The predicted molar refractivity (Wildman–Crippen MR) is 78.7 cm³/mol. The maximum absolute atomic E-state index is 12.0. The Kier molecular flexibility index (Phi) is 4.13. The second kappa shape index (κ2) is 5.84. The fourth-order valence-electron chi connectivity index (χ4n) is 1.67. The van der Waals surface area contributed by atoms with Gasteiger partial charge < -0.3 is 10.2 Å². The van der Waals surface area contributed by atoms with Crippen LogP contribution in [0.2, 0.25) is 0 Å². The molecule has 7 heteroatoms. The van der Waals surface area contributed by atoms with Crippen molar-refractivity contribution < 1.29 is 18.6 Å². The zero-order chi connectivity index (χ0) is 15.5. The molecule has 21 heavy (non-hydrogen) atoms. The molecule has 0 fully saturated rings. The number of nitrogens with one attached hydrogen (secondary N) is 1. The molecule has 2 aromatic carbocycles. The summed E-state index contributed by atoms with van der Waals surface area (Å²) in [5.74, 6) is -0.274. The third-order valence-corrected chi connectivity index (χ3v) is 3.98. The highest BCUT2D eigenvalue weighted by Crippen LogP contribution is 2.23. The summed E-state index contributed by atoms with van der Waals surface area (Å²) >= 11 is 0. The molecule has 110 valence electrons. The highest BCUT2D eigenvalue weighted by Gasteiger charge is 2.13. The SMILES string of the molecule is CC(=NNS(=O)(=O)c1ccccc1)c1ccc(O)cc1O. The topological polar surface area (TPSA) is 99.0 Å². The molecule has 0 amide bonds. The van der Waals surface area contributed by atoms with E-state index in [1.165, 1.54) is 24.3 Å². The molecule has 0 aliphatic rings. The first-order valence-electron chi connectivity index (χ1n) is 6.03. The average molecular weight is 306 g/mol. The van der Waals surface area contributed by atoms with E-state index < -0.39 is 10.0 Å². The van der Waals surface area contributed by atoms with Gasteiger partial charge in [0.2, 0.25) is 0 Å². The molecule has 0 atom stereocenters. The molecule has 6 nitrogen and oxygen atoms in total. The van der Waals surface area contributed by atoms with Crippen LogP contribution in [0.5, 0.6) is 11.5 Å². The lowest BCUT2D eigenvalue weighted by Crippen LogP contribution is -2.19. The Morgan fingerprint density at radius 3 is 2.38 bits per heavy atom. The van der Waals surface area contributed by atoms with E-state index in [2.05, 4.69) is 9.93 Å². The Morgan fingerprint density at radius 2 is 1.76 bits per heavy atom. The molecule has 0 bridgehead atoms. The number of aromatic hydroxyl groups is 2. The molecule has 0 saturated heterocycles. The van der Waals surface area contributed by atoms with Crippen LogP contribution in [0.25, 0.3) is 0 Å². The lowest BCUT2D eigenvalue weighted by atomic mass is 10.1. The van der Waals surface area contributed by atoms with Gasteiger partial charge in [0.1, 0.15) is 11.5 Å². The zero-order valence-electron chi connectivity index (χ0n) is 11.2. The van der Waals surface area contributed by atoms with Gasteiger partial charge in [0.15, 0.2) is 0 Å². The van der Waals surface area contributed by atoms with Gasteiger partial charge in [-0.2, -0.15) is 18.4 Å². The second-order valence-corrected chi connectivity index (χ2v) is 5.97. The molecule has 0 unspecified atom stereocenters. The summed E-state index contributed by atoms with van der Waals surface area (Å²) in [4.78, 5) is 2.20. The average Bonchev–Trinajstić information content (AvgIpc) is 2.46. The lowest BCUT2D eigenvalue weighted by molar-refractivity contribution is 0.450. The van der Waals surface area contributed by atoms with Crippen molar-refractivity contribution in [3.05, 3.63) is 54.1 Å². The van der Waals surface area contributed by atoms with Crippen molar-refractivity contribution in [1.82, 2.24) is 4.83 Å². The molecule has 0 heterocycles. The summed E-state index contributed by atoms with van der Waals surface area (Å²) in [6, 6.07) is 11.8. The number of phenolic OH excluding ortho intramolecular Hbond substituents is 2. The minimum Gasteiger partial charge on any atom is -0.508 e. The van der Waals surface area contributed by atoms with Gasteiger partial charge in [-0.3, -0.25) is 0 Å². The predicted octanol–water partition coefficient (Wildman–Crippen LogP) is 1.80. The van der Waals surface area contributed by atoms with Crippen molar-refractivity contribution in [2.24, 2.45) is 5.10 Å². The number of rotatable bonds is 4. The monoisotopic (exact) mass is 306 g/mol. The summed E-state index contributed by atoms with van der Waals surface area (Å²) in [6.45, 7) is 1.54. The van der Waals surface area contributed by atoms with Gasteiger partial charge in [-0.1, -0.05) is 18.2 Å². The number of benzene rings is 2. The van der Waals surface area contributed by atoms with E-state index in [9.17, 15) is 18.6 Å². The van der Waals surface area contributed by atoms with Crippen LogP contribution in [-0.4, -0.2) is 24.3 Å². The molecule has 0 spiro atoms. The molecule has 0 radical (unpaired) electrons. The van der Waals surface area contributed by atoms with Crippen molar-refractivity contribution >= 4 is 15.7 Å². The second-order valence-electron chi connectivity index (χ2n) is 4.31. The van der Waals surface area contributed by atoms with E-state index in [-0.39, 0.29) is 22.1 Å². The summed E-state index contributed by atoms with van der Waals surface area (Å²) in [7, 11) is -3.75. The van der Waals surface area contributed by atoms with Gasteiger partial charge >= 0.3 is 0 Å². The van der Waals surface area contributed by atoms with E-state index in [0.717, 1.165) is 6.07 Å². The van der Waals surface area contributed by atoms with Crippen LogP contribution in [0.3, 0.4) is 0 Å². The maximum Gasteiger partial charge on any atom is 0.276 e. The van der Waals surface area contributed by atoms with E-state index in [1.807, 2.05) is 0 Å². The quantitative estimate of drug-likeness (QED) is 0.592. The maximum atomic E-state index is 12.0. The van der Waals surface area contributed by atoms with E-state index in [1.54, 1.807) is 25.1 Å². The number of nitrogens with zero attached hydrogens (tertiary/aromatic N) is 1. The Balaban J connectivity index is 2.24. The number of phenols is 2. The van der Waals surface area contributed by atoms with E-state index in [0.29, 0.717) is 5.56 Å². The summed E-state index contributed by atoms with van der Waals surface area (Å²) in [5, 5.41) is 22.7. The van der Waals surface area contributed by atoms with E-state index in [4.69, 9.17) is 0 Å². The first kappa shape index (κ1) is 14.9. The van der Waals surface area contributed by atoms with Crippen LogP contribution in [0, 0.1) is 0 Å². The van der Waals surface area contributed by atoms with Gasteiger partial charge in [-0.25, -0.2) is 0 Å². The Hall–Kier alpha value is -2.54. The molecule has 0 aliphatic heterocycles. The van der Waals surface area contributed by atoms with Crippen molar-refractivity contribution in [3.63, 3.8) is 0 Å². The third-order valence-electron chi connectivity index (χ3n) is 2.76. The van der Waals surface area contributed by atoms with Gasteiger partial charge in [-0.15, -0.1) is 0 Å². The Labute approximate surface area is 122 Å². The van der Waals surface area contributed by atoms with Crippen molar-refractivity contribution in [2.75, 3.05) is 0 Å². The van der Waals surface area contributed by atoms with Gasteiger partial charge in [0.05, 0.1) is 10.6 Å².